The molecule has 1 aliphatic rings. The standard InChI is InChI=1S/C12H22O2/c1-8(2)11-6-5-9(3)7-12(11)14-10(4)13/h8-9,11-12H,5-7H2,1-4H3/t9-,11+,12+/m0/s1. The first-order valence-corrected chi connectivity index (χ1v) is 5.68. The molecular formula is C12H22O2. The van der Waals surface area contributed by atoms with Crippen molar-refractivity contribution in [1.82, 2.24) is 0 Å². The first-order chi connectivity index (χ1) is 6.50. The first kappa shape index (κ1) is 11.5. The zero-order chi connectivity index (χ0) is 10.7. The molecule has 0 aliphatic heterocycles. The lowest BCUT2D eigenvalue weighted by Gasteiger charge is -2.36. The van der Waals surface area contributed by atoms with Gasteiger partial charge in [-0.05, 0) is 30.6 Å². The molecule has 82 valence electrons. The van der Waals surface area contributed by atoms with Crippen molar-refractivity contribution in [3.63, 3.8) is 0 Å². The van der Waals surface area contributed by atoms with Crippen LogP contribution in [0.3, 0.4) is 0 Å². The van der Waals surface area contributed by atoms with E-state index in [1.54, 1.807) is 0 Å². The van der Waals surface area contributed by atoms with Crippen LogP contribution in [-0.2, 0) is 9.53 Å². The Balaban J connectivity index is 2.58. The molecule has 2 nitrogen and oxygen atoms in total. The van der Waals surface area contributed by atoms with Gasteiger partial charge in [0, 0.05) is 6.92 Å². The van der Waals surface area contributed by atoms with Crippen LogP contribution in [0.25, 0.3) is 0 Å². The highest BCUT2D eigenvalue weighted by molar-refractivity contribution is 5.66. The van der Waals surface area contributed by atoms with Gasteiger partial charge >= 0.3 is 5.97 Å². The Bertz CT molecular complexity index is 198. The van der Waals surface area contributed by atoms with Crippen molar-refractivity contribution < 1.29 is 9.53 Å². The van der Waals surface area contributed by atoms with E-state index in [1.807, 2.05) is 0 Å². The minimum Gasteiger partial charge on any atom is -0.462 e. The summed E-state index contributed by atoms with van der Waals surface area (Å²) in [5, 5.41) is 0. The zero-order valence-corrected chi connectivity index (χ0v) is 9.75. The highest BCUT2D eigenvalue weighted by Gasteiger charge is 2.32. The third-order valence-electron chi connectivity index (χ3n) is 3.28. The average molecular weight is 198 g/mol. The Morgan fingerprint density at radius 2 is 2.00 bits per heavy atom. The molecule has 1 aliphatic carbocycles. The van der Waals surface area contributed by atoms with Crippen molar-refractivity contribution in [3.8, 4) is 0 Å². The summed E-state index contributed by atoms with van der Waals surface area (Å²) >= 11 is 0. The van der Waals surface area contributed by atoms with E-state index in [2.05, 4.69) is 20.8 Å². The molecule has 0 radical (unpaired) electrons. The lowest BCUT2D eigenvalue weighted by atomic mass is 9.75. The molecule has 3 atom stereocenters. The van der Waals surface area contributed by atoms with Gasteiger partial charge in [-0.2, -0.15) is 0 Å². The summed E-state index contributed by atoms with van der Waals surface area (Å²) in [6, 6.07) is 0. The van der Waals surface area contributed by atoms with Gasteiger partial charge in [0.05, 0.1) is 0 Å². The van der Waals surface area contributed by atoms with E-state index < -0.39 is 0 Å². The molecule has 1 rings (SSSR count). The van der Waals surface area contributed by atoms with Gasteiger partial charge in [-0.1, -0.05) is 27.2 Å². The summed E-state index contributed by atoms with van der Waals surface area (Å²) in [6.07, 6.45) is 3.69. The Morgan fingerprint density at radius 3 is 2.50 bits per heavy atom. The molecule has 0 N–H and O–H groups in total. The molecule has 0 aromatic heterocycles. The monoisotopic (exact) mass is 198 g/mol. The number of esters is 1. The predicted molar refractivity (Wildman–Crippen MR) is 56.9 cm³/mol. The van der Waals surface area contributed by atoms with Gasteiger partial charge in [0.2, 0.25) is 0 Å². The van der Waals surface area contributed by atoms with Crippen LogP contribution >= 0.6 is 0 Å². The number of hydrogen-bond donors (Lipinski definition) is 0. The van der Waals surface area contributed by atoms with Crippen LogP contribution in [0.2, 0.25) is 0 Å². The van der Waals surface area contributed by atoms with Crippen LogP contribution in [0.4, 0.5) is 0 Å². The van der Waals surface area contributed by atoms with Gasteiger partial charge in [0.1, 0.15) is 6.10 Å². The molecule has 1 fully saturated rings. The van der Waals surface area contributed by atoms with Crippen LogP contribution in [-0.4, -0.2) is 12.1 Å². The normalized spacial score (nSPS) is 33.1. The van der Waals surface area contributed by atoms with Gasteiger partial charge in [0.15, 0.2) is 0 Å². The van der Waals surface area contributed by atoms with E-state index >= 15 is 0 Å². The molecule has 0 unspecified atom stereocenters. The predicted octanol–water partition coefficient (Wildman–Crippen LogP) is 3.01. The fourth-order valence-corrected chi connectivity index (χ4v) is 2.46. The van der Waals surface area contributed by atoms with Crippen molar-refractivity contribution in [2.45, 2.75) is 53.1 Å². The maximum atomic E-state index is 11.0. The number of hydrogen-bond acceptors (Lipinski definition) is 2. The van der Waals surface area contributed by atoms with E-state index in [0.29, 0.717) is 17.8 Å². The Kier molecular flexibility index (Phi) is 3.97. The topological polar surface area (TPSA) is 26.3 Å². The van der Waals surface area contributed by atoms with E-state index in [0.717, 1.165) is 6.42 Å². The molecule has 0 heterocycles. The maximum Gasteiger partial charge on any atom is 0.302 e. The molecule has 0 bridgehead atoms. The fraction of sp³-hybridized carbons (Fsp3) is 0.917. The molecule has 0 aromatic rings. The van der Waals surface area contributed by atoms with Gasteiger partial charge in [-0.15, -0.1) is 0 Å². The van der Waals surface area contributed by atoms with E-state index in [1.165, 1.54) is 19.8 Å². The Labute approximate surface area is 87.0 Å². The van der Waals surface area contributed by atoms with Gasteiger partial charge in [-0.25, -0.2) is 0 Å². The minimum absolute atomic E-state index is 0.130. The smallest absolute Gasteiger partial charge is 0.302 e. The van der Waals surface area contributed by atoms with Crippen LogP contribution in [0.15, 0.2) is 0 Å². The summed E-state index contributed by atoms with van der Waals surface area (Å²) in [5.41, 5.74) is 0. The Hall–Kier alpha value is -0.530. The summed E-state index contributed by atoms with van der Waals surface area (Å²) in [6.45, 7) is 8.19. The fourth-order valence-electron chi connectivity index (χ4n) is 2.46. The summed E-state index contributed by atoms with van der Waals surface area (Å²) in [5.74, 6) is 1.76. The molecule has 1 saturated carbocycles. The van der Waals surface area contributed by atoms with Crippen molar-refractivity contribution >= 4 is 5.97 Å². The highest BCUT2D eigenvalue weighted by atomic mass is 16.5. The second-order valence-electron chi connectivity index (χ2n) is 4.97. The Morgan fingerprint density at radius 1 is 1.36 bits per heavy atom. The SMILES string of the molecule is CC(=O)O[C@@H]1C[C@@H](C)CC[C@@H]1C(C)C. The van der Waals surface area contributed by atoms with Crippen molar-refractivity contribution in [2.75, 3.05) is 0 Å². The van der Waals surface area contributed by atoms with Gasteiger partial charge < -0.3 is 4.74 Å². The summed E-state index contributed by atoms with van der Waals surface area (Å²) in [7, 11) is 0. The quantitative estimate of drug-likeness (QED) is 0.637. The van der Waals surface area contributed by atoms with Gasteiger partial charge in [0.25, 0.3) is 0 Å². The van der Waals surface area contributed by atoms with E-state index in [-0.39, 0.29) is 12.1 Å². The zero-order valence-electron chi connectivity index (χ0n) is 9.75. The molecule has 0 aromatic carbocycles. The second kappa shape index (κ2) is 4.81. The lowest BCUT2D eigenvalue weighted by molar-refractivity contribution is -0.153. The van der Waals surface area contributed by atoms with Crippen LogP contribution < -0.4 is 0 Å². The number of carbonyl (C=O) groups is 1. The number of carbonyl (C=O) groups excluding carboxylic acids is 1. The maximum absolute atomic E-state index is 11.0. The minimum atomic E-state index is -0.130. The van der Waals surface area contributed by atoms with Crippen molar-refractivity contribution in [3.05, 3.63) is 0 Å². The summed E-state index contributed by atoms with van der Waals surface area (Å²) in [4.78, 5) is 11.0. The third-order valence-corrected chi connectivity index (χ3v) is 3.28. The molecule has 14 heavy (non-hydrogen) atoms. The summed E-state index contributed by atoms with van der Waals surface area (Å²) < 4.78 is 5.40. The molecule has 0 amide bonds. The largest absolute Gasteiger partial charge is 0.462 e. The molecule has 0 saturated heterocycles. The number of ether oxygens (including phenoxy) is 1. The van der Waals surface area contributed by atoms with Crippen LogP contribution in [0.5, 0.6) is 0 Å². The van der Waals surface area contributed by atoms with Crippen LogP contribution in [0, 0.1) is 17.8 Å². The molecule has 2 heteroatoms. The van der Waals surface area contributed by atoms with Crippen LogP contribution in [0.1, 0.15) is 47.0 Å². The second-order valence-corrected chi connectivity index (χ2v) is 4.97. The van der Waals surface area contributed by atoms with Crippen molar-refractivity contribution in [2.24, 2.45) is 17.8 Å². The number of rotatable bonds is 2. The molecule has 0 spiro atoms. The lowest BCUT2D eigenvalue weighted by Crippen LogP contribution is -2.35. The van der Waals surface area contributed by atoms with Gasteiger partial charge in [-0.3, -0.25) is 4.79 Å². The molecular weight excluding hydrogens is 176 g/mol. The average Bonchev–Trinajstić information content (AvgIpc) is 2.01. The third kappa shape index (κ3) is 3.00. The first-order valence-electron chi connectivity index (χ1n) is 5.68. The van der Waals surface area contributed by atoms with E-state index in [4.69, 9.17) is 4.74 Å². The van der Waals surface area contributed by atoms with Crippen molar-refractivity contribution in [1.29, 1.82) is 0 Å². The van der Waals surface area contributed by atoms with E-state index in [9.17, 15) is 4.79 Å². The highest BCUT2D eigenvalue weighted by Crippen LogP contribution is 2.35.